The summed E-state index contributed by atoms with van der Waals surface area (Å²) in [7, 11) is -4.48. The predicted octanol–water partition coefficient (Wildman–Crippen LogP) is 2.28. The van der Waals surface area contributed by atoms with Gasteiger partial charge < -0.3 is 9.88 Å². The zero-order valence-electron chi connectivity index (χ0n) is 13.8. The van der Waals surface area contributed by atoms with Crippen LogP contribution < -0.4 is 10.5 Å². The Morgan fingerprint density at radius 3 is 2.65 bits per heavy atom. The van der Waals surface area contributed by atoms with Gasteiger partial charge in [0.25, 0.3) is 0 Å². The molecule has 0 fully saturated rings. The summed E-state index contributed by atoms with van der Waals surface area (Å²) in [4.78, 5) is -0.952. The van der Waals surface area contributed by atoms with Crippen LogP contribution in [0, 0.1) is 0 Å². The molecule has 1 aliphatic heterocycles. The van der Waals surface area contributed by atoms with Crippen molar-refractivity contribution in [3.8, 4) is 0 Å². The van der Waals surface area contributed by atoms with Gasteiger partial charge in [0.05, 0.1) is 17.0 Å². The molecule has 0 atom stereocenters. The molecule has 11 heteroatoms. The van der Waals surface area contributed by atoms with Crippen LogP contribution in [-0.2, 0) is 35.7 Å². The highest BCUT2D eigenvalue weighted by Gasteiger charge is 2.36. The molecule has 0 bridgehead atoms. The van der Waals surface area contributed by atoms with Crippen LogP contribution in [0.25, 0.3) is 0 Å². The Labute approximate surface area is 148 Å². The van der Waals surface area contributed by atoms with Gasteiger partial charge in [-0.15, -0.1) is 10.2 Å². The number of rotatable bonds is 4. The minimum absolute atomic E-state index is 0.121. The van der Waals surface area contributed by atoms with Crippen LogP contribution in [0.1, 0.15) is 36.5 Å². The molecule has 0 aliphatic carbocycles. The van der Waals surface area contributed by atoms with E-state index in [4.69, 9.17) is 5.14 Å². The number of alkyl halides is 3. The SMILES string of the molecule is NS(=O)(=O)c1ccc(NCc2nnc3n2CCCCC3)cc1C(F)(F)F. The molecule has 142 valence electrons. The van der Waals surface area contributed by atoms with Gasteiger partial charge in [-0.2, -0.15) is 13.2 Å². The second-order valence-corrected chi connectivity index (χ2v) is 7.63. The summed E-state index contributed by atoms with van der Waals surface area (Å²) in [5.74, 6) is 1.51. The first-order valence-corrected chi connectivity index (χ1v) is 9.60. The summed E-state index contributed by atoms with van der Waals surface area (Å²) in [6.07, 6.45) is -0.880. The molecule has 0 amide bonds. The lowest BCUT2D eigenvalue weighted by Crippen LogP contribution is -2.19. The van der Waals surface area contributed by atoms with Gasteiger partial charge in [-0.1, -0.05) is 6.42 Å². The van der Waals surface area contributed by atoms with E-state index in [1.165, 1.54) is 6.07 Å². The van der Waals surface area contributed by atoms with E-state index in [9.17, 15) is 21.6 Å². The highest BCUT2D eigenvalue weighted by molar-refractivity contribution is 7.89. The lowest BCUT2D eigenvalue weighted by atomic mass is 10.2. The number of benzene rings is 1. The van der Waals surface area contributed by atoms with Crippen molar-refractivity contribution in [3.05, 3.63) is 35.4 Å². The average molecular weight is 389 g/mol. The van der Waals surface area contributed by atoms with Gasteiger partial charge in [0.15, 0.2) is 5.82 Å². The van der Waals surface area contributed by atoms with Gasteiger partial charge in [0, 0.05) is 18.7 Å². The van der Waals surface area contributed by atoms with Crippen LogP contribution >= 0.6 is 0 Å². The third-order valence-corrected chi connectivity index (χ3v) is 5.20. The second-order valence-electron chi connectivity index (χ2n) is 6.10. The number of hydrogen-bond acceptors (Lipinski definition) is 5. The van der Waals surface area contributed by atoms with Crippen molar-refractivity contribution in [2.75, 3.05) is 5.32 Å². The summed E-state index contributed by atoms with van der Waals surface area (Å²) < 4.78 is 64.3. The van der Waals surface area contributed by atoms with Crippen molar-refractivity contribution in [2.24, 2.45) is 5.14 Å². The maximum absolute atomic E-state index is 13.2. The lowest BCUT2D eigenvalue weighted by Gasteiger charge is -2.14. The number of fused-ring (bicyclic) bond motifs is 1. The number of nitrogens with two attached hydrogens (primary N) is 1. The zero-order valence-corrected chi connectivity index (χ0v) is 14.6. The Balaban J connectivity index is 1.84. The molecule has 1 aromatic heterocycles. The molecule has 0 unspecified atom stereocenters. The van der Waals surface area contributed by atoms with E-state index in [0.29, 0.717) is 5.82 Å². The van der Waals surface area contributed by atoms with Crippen molar-refractivity contribution in [2.45, 2.75) is 49.8 Å². The van der Waals surface area contributed by atoms with Gasteiger partial charge in [-0.3, -0.25) is 0 Å². The van der Waals surface area contributed by atoms with Crippen molar-refractivity contribution in [1.82, 2.24) is 14.8 Å². The topological polar surface area (TPSA) is 103 Å². The monoisotopic (exact) mass is 389 g/mol. The first-order chi connectivity index (χ1) is 12.2. The molecule has 0 saturated heterocycles. The molecule has 0 radical (unpaired) electrons. The van der Waals surface area contributed by atoms with Crippen LogP contribution in [0.15, 0.2) is 23.1 Å². The van der Waals surface area contributed by atoms with Crippen LogP contribution in [-0.4, -0.2) is 23.2 Å². The summed E-state index contributed by atoms with van der Waals surface area (Å²) >= 11 is 0. The van der Waals surface area contributed by atoms with E-state index in [2.05, 4.69) is 15.5 Å². The Morgan fingerprint density at radius 2 is 1.96 bits per heavy atom. The molecule has 3 rings (SSSR count). The van der Waals surface area contributed by atoms with Crippen molar-refractivity contribution in [3.63, 3.8) is 0 Å². The number of halogens is 3. The van der Waals surface area contributed by atoms with Crippen molar-refractivity contribution >= 4 is 15.7 Å². The molecule has 2 heterocycles. The number of aromatic nitrogens is 3. The normalized spacial score (nSPS) is 15.4. The Morgan fingerprint density at radius 1 is 1.19 bits per heavy atom. The first kappa shape index (κ1) is 18.6. The smallest absolute Gasteiger partial charge is 0.378 e. The maximum Gasteiger partial charge on any atom is 0.417 e. The quantitative estimate of drug-likeness (QED) is 0.835. The summed E-state index contributed by atoms with van der Waals surface area (Å²) in [5.41, 5.74) is -1.18. The number of nitrogens with zero attached hydrogens (tertiary/aromatic N) is 3. The molecule has 26 heavy (non-hydrogen) atoms. The minimum atomic E-state index is -4.84. The summed E-state index contributed by atoms with van der Waals surface area (Å²) in [6, 6.07) is 2.83. The molecule has 3 N–H and O–H groups in total. The number of nitrogens with one attached hydrogen (secondary N) is 1. The Bertz CT molecular complexity index is 908. The first-order valence-electron chi connectivity index (χ1n) is 8.05. The van der Waals surface area contributed by atoms with E-state index in [-0.39, 0.29) is 12.2 Å². The Hall–Kier alpha value is -2.14. The lowest BCUT2D eigenvalue weighted by molar-refractivity contribution is -0.139. The Kier molecular flexibility index (Phi) is 4.93. The van der Waals surface area contributed by atoms with Crippen LogP contribution in [0.3, 0.4) is 0 Å². The van der Waals surface area contributed by atoms with Gasteiger partial charge in [0.2, 0.25) is 10.0 Å². The molecule has 0 spiro atoms. The minimum Gasteiger partial charge on any atom is -0.378 e. The molecular weight excluding hydrogens is 371 g/mol. The average Bonchev–Trinajstić information content (AvgIpc) is 2.77. The van der Waals surface area contributed by atoms with Gasteiger partial charge >= 0.3 is 6.18 Å². The largest absolute Gasteiger partial charge is 0.417 e. The number of sulfonamides is 1. The fourth-order valence-corrected chi connectivity index (χ4v) is 3.71. The summed E-state index contributed by atoms with van der Waals surface area (Å²) in [6.45, 7) is 0.955. The molecule has 7 nitrogen and oxygen atoms in total. The van der Waals surface area contributed by atoms with E-state index in [1.54, 1.807) is 0 Å². The highest BCUT2D eigenvalue weighted by Crippen LogP contribution is 2.35. The number of primary sulfonamides is 1. The zero-order chi connectivity index (χ0) is 18.9. The number of aryl methyl sites for hydroxylation is 1. The van der Waals surface area contributed by atoms with Crippen LogP contribution in [0.5, 0.6) is 0 Å². The highest BCUT2D eigenvalue weighted by atomic mass is 32.2. The van der Waals surface area contributed by atoms with E-state index < -0.39 is 26.7 Å². The molecule has 0 saturated carbocycles. The van der Waals surface area contributed by atoms with Crippen molar-refractivity contribution < 1.29 is 21.6 Å². The molecular formula is C15H18F3N5O2S. The van der Waals surface area contributed by atoms with E-state index in [0.717, 1.165) is 50.2 Å². The fraction of sp³-hybridized carbons (Fsp3) is 0.467. The third kappa shape index (κ3) is 3.98. The van der Waals surface area contributed by atoms with Gasteiger partial charge in [-0.25, -0.2) is 13.6 Å². The van der Waals surface area contributed by atoms with E-state index >= 15 is 0 Å². The summed E-state index contributed by atoms with van der Waals surface area (Å²) in [5, 5.41) is 16.0. The van der Waals surface area contributed by atoms with Gasteiger partial charge in [-0.05, 0) is 31.0 Å². The van der Waals surface area contributed by atoms with E-state index in [1.807, 2.05) is 4.57 Å². The molecule has 1 aromatic carbocycles. The molecule has 1 aliphatic rings. The maximum atomic E-state index is 13.2. The van der Waals surface area contributed by atoms with Crippen LogP contribution in [0.4, 0.5) is 18.9 Å². The predicted molar refractivity (Wildman–Crippen MR) is 87.7 cm³/mol. The third-order valence-electron chi connectivity index (χ3n) is 4.23. The second kappa shape index (κ2) is 6.88. The van der Waals surface area contributed by atoms with Crippen LogP contribution in [0.2, 0.25) is 0 Å². The standard InChI is InChI=1S/C15H18F3N5O2S/c16-15(17,18)11-8-10(5-6-12(11)26(19,24)25)20-9-14-22-21-13-4-2-1-3-7-23(13)14/h5-6,8,20H,1-4,7,9H2,(H2,19,24,25). The fourth-order valence-electron chi connectivity index (χ4n) is 2.97. The molecule has 2 aromatic rings. The number of anilines is 1. The number of hydrogen-bond donors (Lipinski definition) is 2. The van der Waals surface area contributed by atoms with Crippen molar-refractivity contribution in [1.29, 1.82) is 0 Å². The van der Waals surface area contributed by atoms with Gasteiger partial charge in [0.1, 0.15) is 5.82 Å².